The van der Waals surface area contributed by atoms with Crippen LogP contribution in [-0.4, -0.2) is 72.6 Å². The minimum Gasteiger partial charge on any atom is -0.497 e. The highest BCUT2D eigenvalue weighted by atomic mass is 16.5. The van der Waals surface area contributed by atoms with E-state index in [9.17, 15) is 9.59 Å². The second-order valence-corrected chi connectivity index (χ2v) is 9.67. The van der Waals surface area contributed by atoms with Crippen LogP contribution in [0.15, 0.2) is 67.1 Å². The van der Waals surface area contributed by atoms with Crippen LogP contribution in [0.4, 0.5) is 5.82 Å². The second-order valence-electron chi connectivity index (χ2n) is 9.67. The lowest BCUT2D eigenvalue weighted by molar-refractivity contribution is 0.0600. The number of carbonyl (C=O) groups excluding carboxylic acids is 2. The fraction of sp³-hybridized carbons (Fsp3) is 0.300. The number of anilines is 1. The molecule has 1 aliphatic rings. The molecule has 1 N–H and O–H groups in total. The average molecular weight is 557 g/mol. The van der Waals surface area contributed by atoms with E-state index >= 15 is 0 Å². The van der Waals surface area contributed by atoms with Crippen molar-refractivity contribution in [3.05, 3.63) is 78.2 Å². The van der Waals surface area contributed by atoms with Crippen LogP contribution in [0.2, 0.25) is 0 Å². The summed E-state index contributed by atoms with van der Waals surface area (Å²) in [5, 5.41) is 7.33. The van der Waals surface area contributed by atoms with Crippen LogP contribution < -0.4 is 19.7 Å². The van der Waals surface area contributed by atoms with Crippen molar-refractivity contribution >= 4 is 17.7 Å². The topological polar surface area (TPSA) is 121 Å². The van der Waals surface area contributed by atoms with Crippen LogP contribution in [-0.2, 0) is 4.74 Å². The monoisotopic (exact) mass is 556 g/mol. The molecule has 11 nitrogen and oxygen atoms in total. The maximum atomic E-state index is 12.8. The Hall–Kier alpha value is -4.93. The van der Waals surface area contributed by atoms with Gasteiger partial charge in [0.25, 0.3) is 5.91 Å². The number of methoxy groups -OCH3 is 3. The Bertz CT molecular complexity index is 1490. The predicted molar refractivity (Wildman–Crippen MR) is 153 cm³/mol. The summed E-state index contributed by atoms with van der Waals surface area (Å²) in [4.78, 5) is 36.8. The largest absolute Gasteiger partial charge is 0.497 e. The van der Waals surface area contributed by atoms with Gasteiger partial charge in [-0.05, 0) is 49.1 Å². The van der Waals surface area contributed by atoms with Gasteiger partial charge in [-0.2, -0.15) is 5.10 Å². The molecule has 0 radical (unpaired) electrons. The summed E-state index contributed by atoms with van der Waals surface area (Å²) in [6.45, 7) is 1.87. The fourth-order valence-corrected chi connectivity index (χ4v) is 4.84. The number of rotatable bonds is 9. The van der Waals surface area contributed by atoms with Crippen LogP contribution in [0.25, 0.3) is 17.1 Å². The minimum absolute atomic E-state index is 0.185. The Morgan fingerprint density at radius 1 is 1.00 bits per heavy atom. The van der Waals surface area contributed by atoms with Crippen molar-refractivity contribution in [2.24, 2.45) is 5.92 Å². The molecule has 1 fully saturated rings. The fourth-order valence-electron chi connectivity index (χ4n) is 4.84. The number of amides is 1. The molecular formula is C30H32N6O5. The van der Waals surface area contributed by atoms with Crippen molar-refractivity contribution in [2.45, 2.75) is 12.8 Å². The number of ether oxygens (including phenoxy) is 3. The maximum absolute atomic E-state index is 12.8. The third-order valence-corrected chi connectivity index (χ3v) is 7.13. The van der Waals surface area contributed by atoms with Crippen molar-refractivity contribution in [2.75, 3.05) is 45.9 Å². The second kappa shape index (κ2) is 12.5. The zero-order chi connectivity index (χ0) is 28.8. The molecule has 1 aliphatic heterocycles. The summed E-state index contributed by atoms with van der Waals surface area (Å²) in [5.41, 5.74) is 2.48. The third-order valence-electron chi connectivity index (χ3n) is 7.13. The van der Waals surface area contributed by atoms with E-state index in [-0.39, 0.29) is 11.8 Å². The Morgan fingerprint density at radius 2 is 1.76 bits per heavy atom. The number of benzene rings is 2. The van der Waals surface area contributed by atoms with Crippen molar-refractivity contribution < 1.29 is 23.8 Å². The molecule has 0 bridgehead atoms. The lowest BCUT2D eigenvalue weighted by atomic mass is 9.96. The number of nitrogens with zero attached hydrogens (tertiary/aromatic N) is 5. The van der Waals surface area contributed by atoms with Gasteiger partial charge in [0, 0.05) is 55.4 Å². The molecule has 0 spiro atoms. The summed E-state index contributed by atoms with van der Waals surface area (Å²) in [5.74, 6) is 1.76. The number of hydrogen-bond acceptors (Lipinski definition) is 9. The number of nitrogens with one attached hydrogen (secondary N) is 1. The third kappa shape index (κ3) is 6.29. The van der Waals surface area contributed by atoms with E-state index in [4.69, 9.17) is 19.2 Å². The van der Waals surface area contributed by atoms with Gasteiger partial charge >= 0.3 is 5.97 Å². The van der Waals surface area contributed by atoms with Crippen molar-refractivity contribution in [1.29, 1.82) is 0 Å². The molecule has 212 valence electrons. The summed E-state index contributed by atoms with van der Waals surface area (Å²) in [6.07, 6.45) is 6.75. The molecule has 1 amide bonds. The molecule has 2 aromatic carbocycles. The van der Waals surface area contributed by atoms with Gasteiger partial charge in [0.05, 0.1) is 27.0 Å². The zero-order valence-electron chi connectivity index (χ0n) is 23.2. The van der Waals surface area contributed by atoms with Crippen molar-refractivity contribution in [3.8, 4) is 28.6 Å². The molecule has 0 atom stereocenters. The Labute approximate surface area is 238 Å². The molecule has 5 rings (SSSR count). The normalized spacial score (nSPS) is 13.5. The number of hydrogen-bond donors (Lipinski definition) is 1. The molecule has 4 aromatic rings. The molecule has 1 saturated heterocycles. The molecule has 11 heteroatoms. The summed E-state index contributed by atoms with van der Waals surface area (Å²) in [7, 11) is 4.45. The van der Waals surface area contributed by atoms with Crippen LogP contribution >= 0.6 is 0 Å². The number of aromatic nitrogens is 4. The molecule has 0 aliphatic carbocycles. The van der Waals surface area contributed by atoms with Gasteiger partial charge < -0.3 is 24.4 Å². The first-order chi connectivity index (χ1) is 20.0. The predicted octanol–water partition coefficient (Wildman–Crippen LogP) is 3.78. The van der Waals surface area contributed by atoms with Gasteiger partial charge in [-0.1, -0.05) is 12.1 Å². The Morgan fingerprint density at radius 3 is 2.41 bits per heavy atom. The number of piperidine rings is 1. The van der Waals surface area contributed by atoms with E-state index < -0.39 is 5.97 Å². The van der Waals surface area contributed by atoms with E-state index in [1.165, 1.54) is 13.3 Å². The number of carbonyl (C=O) groups is 2. The first kappa shape index (κ1) is 27.6. The quantitative estimate of drug-likeness (QED) is 0.307. The summed E-state index contributed by atoms with van der Waals surface area (Å²) < 4.78 is 17.3. The van der Waals surface area contributed by atoms with Gasteiger partial charge in [0.2, 0.25) is 0 Å². The first-order valence-electron chi connectivity index (χ1n) is 13.3. The van der Waals surface area contributed by atoms with Crippen molar-refractivity contribution in [1.82, 2.24) is 25.1 Å². The minimum atomic E-state index is -0.486. The smallest absolute Gasteiger partial charge is 0.343 e. The maximum Gasteiger partial charge on any atom is 0.343 e. The van der Waals surface area contributed by atoms with E-state index in [0.717, 1.165) is 24.1 Å². The molecular weight excluding hydrogens is 524 g/mol. The Kier molecular flexibility index (Phi) is 8.42. The standard InChI is InChI=1S/C30H32N6O5/c1-39-24-15-22(16-25(17-24)40-2)29(37)32-18-20-8-12-35(13-9-20)28-26(30(38)41-3)19-31-27(34-28)21-6-4-7-23(14-21)36-11-5-10-33-36/h4-7,10-11,14-17,19-20H,8-9,12-13,18H2,1-3H3,(H,32,37). The highest BCUT2D eigenvalue weighted by molar-refractivity contribution is 5.95. The SMILES string of the molecule is COC(=O)c1cnc(-c2cccc(-n3cccn3)c2)nc1N1CCC(CNC(=O)c2cc(OC)cc(OC)c2)CC1. The summed E-state index contributed by atoms with van der Waals surface area (Å²) >= 11 is 0. The van der Waals surface area contributed by atoms with Crippen LogP contribution in [0.1, 0.15) is 33.6 Å². The molecule has 0 saturated carbocycles. The van der Waals surface area contributed by atoms with E-state index in [0.29, 0.717) is 53.9 Å². The molecule has 3 heterocycles. The van der Waals surface area contributed by atoms with Gasteiger partial charge in [-0.25, -0.2) is 19.4 Å². The number of esters is 1. The van der Waals surface area contributed by atoms with E-state index in [1.54, 1.807) is 43.3 Å². The van der Waals surface area contributed by atoms with Crippen LogP contribution in [0.5, 0.6) is 11.5 Å². The molecule has 2 aromatic heterocycles. The molecule has 0 unspecified atom stereocenters. The van der Waals surface area contributed by atoms with E-state index in [1.807, 2.05) is 36.5 Å². The van der Waals surface area contributed by atoms with Crippen molar-refractivity contribution in [3.63, 3.8) is 0 Å². The highest BCUT2D eigenvalue weighted by Gasteiger charge is 2.26. The van der Waals surface area contributed by atoms with Gasteiger partial charge in [-0.3, -0.25) is 4.79 Å². The van der Waals surface area contributed by atoms with Gasteiger partial charge in [0.1, 0.15) is 22.9 Å². The summed E-state index contributed by atoms with van der Waals surface area (Å²) in [6, 6.07) is 14.7. The lowest BCUT2D eigenvalue weighted by Crippen LogP contribution is -2.39. The zero-order valence-corrected chi connectivity index (χ0v) is 23.2. The first-order valence-corrected chi connectivity index (χ1v) is 13.3. The van der Waals surface area contributed by atoms with Crippen LogP contribution in [0, 0.1) is 5.92 Å². The van der Waals surface area contributed by atoms with Gasteiger partial charge in [0.15, 0.2) is 5.82 Å². The highest BCUT2D eigenvalue weighted by Crippen LogP contribution is 2.28. The molecule has 41 heavy (non-hydrogen) atoms. The Balaban J connectivity index is 1.28. The van der Waals surface area contributed by atoms with E-state index in [2.05, 4.69) is 20.3 Å². The van der Waals surface area contributed by atoms with Crippen LogP contribution in [0.3, 0.4) is 0 Å². The van der Waals surface area contributed by atoms with Gasteiger partial charge in [-0.15, -0.1) is 0 Å². The average Bonchev–Trinajstić information content (AvgIpc) is 3.58. The lowest BCUT2D eigenvalue weighted by Gasteiger charge is -2.33.